The van der Waals surface area contributed by atoms with Gasteiger partial charge in [0.1, 0.15) is 29.9 Å². The zero-order chi connectivity index (χ0) is 17.7. The highest BCUT2D eigenvalue weighted by molar-refractivity contribution is 5.26. The molecule has 3 N–H and O–H groups in total. The van der Waals surface area contributed by atoms with Gasteiger partial charge in [-0.25, -0.2) is 18.4 Å². The molecule has 0 aliphatic carbocycles. The maximum Gasteiger partial charge on any atom is 0.137 e. The summed E-state index contributed by atoms with van der Waals surface area (Å²) in [4.78, 5) is 3.80. The quantitative estimate of drug-likeness (QED) is 0.668. The lowest BCUT2D eigenvalue weighted by Gasteiger charge is -2.36. The third-order valence-corrected chi connectivity index (χ3v) is 4.29. The van der Waals surface area contributed by atoms with Crippen LogP contribution in [-0.2, 0) is 12.1 Å². The molecule has 2 rings (SSSR count). The number of hydrogen-bond donors (Lipinski definition) is 3. The molecule has 0 aliphatic heterocycles. The summed E-state index contributed by atoms with van der Waals surface area (Å²) in [7, 11) is 0. The van der Waals surface area contributed by atoms with Crippen molar-refractivity contribution >= 4 is 0 Å². The van der Waals surface area contributed by atoms with Crippen LogP contribution in [0.1, 0.15) is 18.9 Å². The van der Waals surface area contributed by atoms with Crippen LogP contribution in [-0.4, -0.2) is 43.3 Å². The van der Waals surface area contributed by atoms with Gasteiger partial charge in [-0.15, -0.1) is 0 Å². The van der Waals surface area contributed by atoms with Crippen LogP contribution in [0.2, 0.25) is 0 Å². The van der Waals surface area contributed by atoms with Crippen LogP contribution in [0.4, 0.5) is 8.78 Å². The first kappa shape index (κ1) is 18.4. The van der Waals surface area contributed by atoms with Crippen molar-refractivity contribution in [3.63, 3.8) is 0 Å². The van der Waals surface area contributed by atoms with Crippen LogP contribution in [0.5, 0.6) is 0 Å². The highest BCUT2D eigenvalue weighted by atomic mass is 19.1. The van der Waals surface area contributed by atoms with E-state index in [1.807, 2.05) is 0 Å². The van der Waals surface area contributed by atoms with Gasteiger partial charge in [0, 0.05) is 30.8 Å². The maximum absolute atomic E-state index is 14.3. The smallest absolute Gasteiger partial charge is 0.137 e. The fraction of sp³-hybridized carbons (Fsp3) is 0.500. The average molecular weight is 341 g/mol. The molecule has 1 heterocycles. The van der Waals surface area contributed by atoms with Crippen LogP contribution < -0.4 is 0 Å². The maximum atomic E-state index is 14.3. The van der Waals surface area contributed by atoms with E-state index in [1.165, 1.54) is 23.4 Å². The summed E-state index contributed by atoms with van der Waals surface area (Å²) in [5, 5.41) is 33.7. The minimum absolute atomic E-state index is 0.0680. The Kier molecular flexibility index (Phi) is 5.98. The molecule has 0 spiro atoms. The van der Waals surface area contributed by atoms with E-state index in [-0.39, 0.29) is 31.7 Å². The molecule has 0 unspecified atom stereocenters. The monoisotopic (exact) mass is 341 g/mol. The van der Waals surface area contributed by atoms with Crippen LogP contribution in [0.3, 0.4) is 0 Å². The van der Waals surface area contributed by atoms with Crippen molar-refractivity contribution in [2.24, 2.45) is 11.8 Å². The van der Waals surface area contributed by atoms with E-state index >= 15 is 0 Å². The van der Waals surface area contributed by atoms with Gasteiger partial charge in [0.05, 0.1) is 6.54 Å². The first-order valence-corrected chi connectivity index (χ1v) is 7.62. The largest absolute Gasteiger partial charge is 0.396 e. The Balaban J connectivity index is 2.40. The van der Waals surface area contributed by atoms with Crippen LogP contribution in [0.25, 0.3) is 0 Å². The minimum atomic E-state index is -1.71. The molecule has 6 nitrogen and oxygen atoms in total. The van der Waals surface area contributed by atoms with Crippen molar-refractivity contribution in [2.75, 3.05) is 13.2 Å². The third-order valence-electron chi connectivity index (χ3n) is 4.29. The highest BCUT2D eigenvalue weighted by Gasteiger charge is 2.39. The lowest BCUT2D eigenvalue weighted by atomic mass is 9.77. The molecule has 1 aromatic carbocycles. The Morgan fingerprint density at radius 3 is 2.50 bits per heavy atom. The van der Waals surface area contributed by atoms with E-state index in [9.17, 15) is 24.1 Å². The summed E-state index contributed by atoms with van der Waals surface area (Å²) >= 11 is 0. The van der Waals surface area contributed by atoms with E-state index in [4.69, 9.17) is 0 Å². The van der Waals surface area contributed by atoms with Crippen LogP contribution in [0, 0.1) is 23.5 Å². The fourth-order valence-electron chi connectivity index (χ4n) is 2.81. The normalized spacial score (nSPS) is 15.5. The summed E-state index contributed by atoms with van der Waals surface area (Å²) in [6.07, 6.45) is 2.92. The molecule has 24 heavy (non-hydrogen) atoms. The van der Waals surface area contributed by atoms with Gasteiger partial charge in [-0.1, -0.05) is 13.0 Å². The van der Waals surface area contributed by atoms with Gasteiger partial charge in [-0.2, -0.15) is 5.10 Å². The number of aromatic nitrogens is 3. The van der Waals surface area contributed by atoms with Crippen LogP contribution >= 0.6 is 0 Å². The van der Waals surface area contributed by atoms with Gasteiger partial charge in [0.25, 0.3) is 0 Å². The fourth-order valence-corrected chi connectivity index (χ4v) is 2.81. The Labute approximate surface area is 138 Å². The van der Waals surface area contributed by atoms with E-state index in [0.717, 1.165) is 6.07 Å². The molecule has 0 saturated carbocycles. The number of nitrogens with zero attached hydrogens (tertiary/aromatic N) is 3. The Morgan fingerprint density at radius 2 is 1.96 bits per heavy atom. The SMILES string of the molecule is C[C@@H](CC(CO)CO)[C@](O)(Cn1cncn1)c1ccc(F)cc1F. The summed E-state index contributed by atoms with van der Waals surface area (Å²) in [6.45, 7) is 1.07. The molecule has 0 saturated heterocycles. The molecule has 2 aromatic rings. The number of rotatable bonds is 8. The number of hydrogen-bond acceptors (Lipinski definition) is 5. The molecule has 0 radical (unpaired) electrons. The molecule has 132 valence electrons. The van der Waals surface area contributed by atoms with Crippen molar-refractivity contribution in [1.29, 1.82) is 0 Å². The molecule has 2 atom stereocenters. The van der Waals surface area contributed by atoms with Crippen molar-refractivity contribution in [2.45, 2.75) is 25.5 Å². The first-order valence-electron chi connectivity index (χ1n) is 7.62. The predicted molar refractivity (Wildman–Crippen MR) is 81.7 cm³/mol. The molecular weight excluding hydrogens is 320 g/mol. The second-order valence-corrected chi connectivity index (χ2v) is 6.01. The van der Waals surface area contributed by atoms with Gasteiger partial charge < -0.3 is 15.3 Å². The third kappa shape index (κ3) is 3.95. The van der Waals surface area contributed by atoms with E-state index in [2.05, 4.69) is 10.1 Å². The molecule has 0 aliphatic rings. The van der Waals surface area contributed by atoms with Gasteiger partial charge in [-0.05, 0) is 18.4 Å². The number of aliphatic hydroxyl groups excluding tert-OH is 2. The van der Waals surface area contributed by atoms with Gasteiger partial charge >= 0.3 is 0 Å². The number of halogens is 2. The van der Waals surface area contributed by atoms with Crippen molar-refractivity contribution in [1.82, 2.24) is 14.8 Å². The number of aliphatic hydroxyl groups is 3. The standard InChI is InChI=1S/C16H21F2N3O3/c1-11(4-12(6-22)7-23)16(24,8-21-10-19-9-20-21)14-3-2-13(17)5-15(14)18/h2-3,5,9-12,22-24H,4,6-8H2,1H3/t11-,16+/m0/s1. The Hall–Kier alpha value is -1.90. The summed E-state index contributed by atoms with van der Waals surface area (Å²) in [6, 6.07) is 2.99. The van der Waals surface area contributed by atoms with E-state index < -0.39 is 29.1 Å². The molecule has 8 heteroatoms. The topological polar surface area (TPSA) is 91.4 Å². The second kappa shape index (κ2) is 7.78. The zero-order valence-corrected chi connectivity index (χ0v) is 13.3. The predicted octanol–water partition coefficient (Wildman–Crippen LogP) is 1.07. The van der Waals surface area contributed by atoms with Gasteiger partial charge in [0.15, 0.2) is 0 Å². The van der Waals surface area contributed by atoms with Crippen LogP contribution in [0.15, 0.2) is 30.9 Å². The molecule has 0 fully saturated rings. The van der Waals surface area contributed by atoms with Gasteiger partial charge in [0.2, 0.25) is 0 Å². The van der Waals surface area contributed by atoms with Gasteiger partial charge in [-0.3, -0.25) is 0 Å². The first-order chi connectivity index (χ1) is 11.4. The Bertz CT molecular complexity index is 650. The Morgan fingerprint density at radius 1 is 1.25 bits per heavy atom. The van der Waals surface area contributed by atoms with E-state index in [1.54, 1.807) is 6.92 Å². The van der Waals surface area contributed by atoms with Crippen molar-refractivity contribution in [3.05, 3.63) is 48.1 Å². The second-order valence-electron chi connectivity index (χ2n) is 6.01. The highest BCUT2D eigenvalue weighted by Crippen LogP contribution is 2.36. The van der Waals surface area contributed by atoms with Crippen molar-refractivity contribution in [3.8, 4) is 0 Å². The molecule has 1 aromatic heterocycles. The summed E-state index contributed by atoms with van der Waals surface area (Å²) in [5.74, 6) is -2.61. The summed E-state index contributed by atoms with van der Waals surface area (Å²) < 4.78 is 28.9. The zero-order valence-electron chi connectivity index (χ0n) is 13.3. The molecular formula is C16H21F2N3O3. The van der Waals surface area contributed by atoms with Crippen molar-refractivity contribution < 1.29 is 24.1 Å². The minimum Gasteiger partial charge on any atom is -0.396 e. The lowest BCUT2D eigenvalue weighted by Crippen LogP contribution is -2.40. The summed E-state index contributed by atoms with van der Waals surface area (Å²) in [5.41, 5.74) is -1.78. The molecule has 0 amide bonds. The molecule has 0 bridgehead atoms. The lowest BCUT2D eigenvalue weighted by molar-refractivity contribution is -0.0521. The van der Waals surface area contributed by atoms with E-state index in [0.29, 0.717) is 6.07 Å². The number of benzene rings is 1. The average Bonchev–Trinajstić information content (AvgIpc) is 3.04.